The molecule has 3 aliphatic heterocycles. The summed E-state index contributed by atoms with van der Waals surface area (Å²) in [5.74, 6) is 0. The Bertz CT molecular complexity index is 207. The van der Waals surface area contributed by atoms with Gasteiger partial charge in [-0.3, -0.25) is 0 Å². The summed E-state index contributed by atoms with van der Waals surface area (Å²) in [6.45, 7) is 2.12. The molecule has 2 nitrogen and oxygen atoms in total. The topological polar surface area (TPSA) is 21.3 Å². The predicted octanol–water partition coefficient (Wildman–Crippen LogP) is 0.447. The molecule has 3 heterocycles. The molecule has 0 aliphatic carbocycles. The zero-order valence-corrected chi connectivity index (χ0v) is 5.89. The second kappa shape index (κ2) is 1.46. The minimum atomic E-state index is 0.171. The minimum absolute atomic E-state index is 0.171. The average molecular weight is 137 g/mol. The van der Waals surface area contributed by atoms with E-state index in [0.717, 1.165) is 13.1 Å². The van der Waals surface area contributed by atoms with Crippen molar-refractivity contribution in [2.24, 2.45) is 0 Å². The average Bonchev–Trinajstić information content (AvgIpc) is 2.48. The summed E-state index contributed by atoms with van der Waals surface area (Å²) < 4.78 is 5.83. The highest BCUT2D eigenvalue weighted by Crippen LogP contribution is 2.44. The van der Waals surface area contributed by atoms with Crippen LogP contribution in [0.15, 0.2) is 11.6 Å². The van der Waals surface area contributed by atoms with E-state index in [-0.39, 0.29) is 5.60 Å². The number of rotatable bonds is 0. The van der Waals surface area contributed by atoms with Crippen LogP contribution in [0.2, 0.25) is 0 Å². The van der Waals surface area contributed by atoms with Crippen LogP contribution in [-0.4, -0.2) is 24.8 Å². The highest BCUT2D eigenvalue weighted by Gasteiger charge is 2.50. The number of nitrogens with one attached hydrogen (secondary N) is 1. The molecule has 2 atom stereocenters. The lowest BCUT2D eigenvalue weighted by Crippen LogP contribution is -2.29. The molecular formula is C8H11NO. The maximum absolute atomic E-state index is 5.83. The van der Waals surface area contributed by atoms with E-state index in [9.17, 15) is 0 Å². The third kappa shape index (κ3) is 0.444. The van der Waals surface area contributed by atoms with Crippen LogP contribution in [0.5, 0.6) is 0 Å². The maximum atomic E-state index is 5.83. The number of ether oxygens (including phenoxy) is 1. The summed E-state index contributed by atoms with van der Waals surface area (Å²) in [7, 11) is 0. The van der Waals surface area contributed by atoms with Gasteiger partial charge in [-0.25, -0.2) is 0 Å². The summed E-state index contributed by atoms with van der Waals surface area (Å²) in [6.07, 6.45) is 5.27. The molecule has 2 unspecified atom stereocenters. The zero-order chi connectivity index (χ0) is 6.60. The Hall–Kier alpha value is -0.340. The molecule has 1 spiro atoms. The van der Waals surface area contributed by atoms with Gasteiger partial charge in [-0.05, 0) is 18.4 Å². The fourth-order valence-electron chi connectivity index (χ4n) is 2.38. The normalized spacial score (nSPS) is 49.6. The molecule has 54 valence electrons. The van der Waals surface area contributed by atoms with E-state index in [0.29, 0.717) is 6.10 Å². The first-order valence-electron chi connectivity index (χ1n) is 3.99. The van der Waals surface area contributed by atoms with Gasteiger partial charge in [0.15, 0.2) is 0 Å². The first-order chi connectivity index (χ1) is 4.89. The van der Waals surface area contributed by atoms with Gasteiger partial charge in [-0.1, -0.05) is 6.08 Å². The van der Waals surface area contributed by atoms with Gasteiger partial charge in [0.2, 0.25) is 0 Å². The van der Waals surface area contributed by atoms with E-state index in [1.54, 1.807) is 0 Å². The minimum Gasteiger partial charge on any atom is -0.362 e. The summed E-state index contributed by atoms with van der Waals surface area (Å²) in [6, 6.07) is 0. The lowest BCUT2D eigenvalue weighted by atomic mass is 9.89. The van der Waals surface area contributed by atoms with E-state index in [2.05, 4.69) is 11.4 Å². The highest BCUT2D eigenvalue weighted by molar-refractivity contribution is 5.33. The second-order valence-electron chi connectivity index (χ2n) is 3.48. The van der Waals surface area contributed by atoms with Crippen molar-refractivity contribution in [2.75, 3.05) is 13.1 Å². The van der Waals surface area contributed by atoms with Gasteiger partial charge in [-0.2, -0.15) is 0 Å². The van der Waals surface area contributed by atoms with Gasteiger partial charge in [0, 0.05) is 13.1 Å². The van der Waals surface area contributed by atoms with Crippen LogP contribution in [-0.2, 0) is 4.74 Å². The van der Waals surface area contributed by atoms with E-state index < -0.39 is 0 Å². The maximum Gasteiger partial charge on any atom is 0.104 e. The molecule has 0 radical (unpaired) electrons. The van der Waals surface area contributed by atoms with Crippen LogP contribution in [0.3, 0.4) is 0 Å². The quantitative estimate of drug-likeness (QED) is 0.489. The molecule has 10 heavy (non-hydrogen) atoms. The monoisotopic (exact) mass is 137 g/mol. The third-order valence-electron chi connectivity index (χ3n) is 2.91. The molecule has 2 heteroatoms. The smallest absolute Gasteiger partial charge is 0.104 e. The molecule has 1 N–H and O–H groups in total. The Morgan fingerprint density at radius 1 is 1.70 bits per heavy atom. The van der Waals surface area contributed by atoms with Crippen molar-refractivity contribution in [3.8, 4) is 0 Å². The largest absolute Gasteiger partial charge is 0.362 e. The molecule has 2 bridgehead atoms. The fourth-order valence-corrected chi connectivity index (χ4v) is 2.38. The summed E-state index contributed by atoms with van der Waals surface area (Å²) >= 11 is 0. The lowest BCUT2D eigenvalue weighted by Gasteiger charge is -2.19. The first-order valence-corrected chi connectivity index (χ1v) is 3.99. The summed E-state index contributed by atoms with van der Waals surface area (Å²) in [4.78, 5) is 0. The van der Waals surface area contributed by atoms with Crippen molar-refractivity contribution < 1.29 is 4.74 Å². The molecule has 0 aromatic rings. The van der Waals surface area contributed by atoms with Crippen molar-refractivity contribution in [2.45, 2.75) is 24.5 Å². The lowest BCUT2D eigenvalue weighted by molar-refractivity contribution is 0.0380. The fraction of sp³-hybridized carbons (Fsp3) is 0.750. The Labute approximate surface area is 60.3 Å². The van der Waals surface area contributed by atoms with Gasteiger partial charge in [-0.15, -0.1) is 0 Å². The van der Waals surface area contributed by atoms with Crippen molar-refractivity contribution in [1.29, 1.82) is 0 Å². The standard InChI is InChI=1S/C8H11NO/c1-2-8-5-9-4-6(8)3-7(1)10-8/h3,7,9H,1-2,4-5H2. The number of hydrogen-bond acceptors (Lipinski definition) is 2. The third-order valence-corrected chi connectivity index (χ3v) is 2.91. The molecule has 2 fully saturated rings. The molecule has 2 saturated heterocycles. The van der Waals surface area contributed by atoms with Gasteiger partial charge < -0.3 is 10.1 Å². The molecule has 0 saturated carbocycles. The van der Waals surface area contributed by atoms with Crippen LogP contribution in [0.1, 0.15) is 12.8 Å². The van der Waals surface area contributed by atoms with Crippen LogP contribution in [0.4, 0.5) is 0 Å². The first kappa shape index (κ1) is 5.33. The highest BCUT2D eigenvalue weighted by atomic mass is 16.5. The Kier molecular flexibility index (Phi) is 0.778. The molecule has 0 aromatic carbocycles. The number of hydrogen-bond donors (Lipinski definition) is 1. The Morgan fingerprint density at radius 3 is 3.50 bits per heavy atom. The zero-order valence-electron chi connectivity index (χ0n) is 5.89. The second-order valence-corrected chi connectivity index (χ2v) is 3.48. The van der Waals surface area contributed by atoms with Gasteiger partial charge >= 0.3 is 0 Å². The number of fused-ring (bicyclic) bond motifs is 1. The van der Waals surface area contributed by atoms with Gasteiger partial charge in [0.1, 0.15) is 5.60 Å². The summed E-state index contributed by atoms with van der Waals surface area (Å²) in [5.41, 5.74) is 1.69. The summed E-state index contributed by atoms with van der Waals surface area (Å²) in [5, 5.41) is 3.35. The van der Waals surface area contributed by atoms with E-state index in [4.69, 9.17) is 4.74 Å². The van der Waals surface area contributed by atoms with Gasteiger partial charge in [0.05, 0.1) is 6.10 Å². The van der Waals surface area contributed by atoms with E-state index >= 15 is 0 Å². The van der Waals surface area contributed by atoms with Crippen molar-refractivity contribution in [3.63, 3.8) is 0 Å². The van der Waals surface area contributed by atoms with Crippen molar-refractivity contribution >= 4 is 0 Å². The van der Waals surface area contributed by atoms with Crippen molar-refractivity contribution in [3.05, 3.63) is 11.6 Å². The van der Waals surface area contributed by atoms with Crippen LogP contribution in [0.25, 0.3) is 0 Å². The molecule has 0 aromatic heterocycles. The van der Waals surface area contributed by atoms with Crippen LogP contribution in [0, 0.1) is 0 Å². The molecule has 3 aliphatic rings. The predicted molar refractivity (Wildman–Crippen MR) is 37.8 cm³/mol. The Balaban J connectivity index is 2.11. The molecule has 0 amide bonds. The van der Waals surface area contributed by atoms with Crippen LogP contribution < -0.4 is 5.32 Å². The molecule has 3 rings (SSSR count). The SMILES string of the molecule is C1=C2CNCC23CCC1O3. The van der Waals surface area contributed by atoms with E-state index in [1.165, 1.54) is 18.4 Å². The Morgan fingerprint density at radius 2 is 2.70 bits per heavy atom. The van der Waals surface area contributed by atoms with Crippen molar-refractivity contribution in [1.82, 2.24) is 5.32 Å². The van der Waals surface area contributed by atoms with E-state index in [1.807, 2.05) is 0 Å². The molecular weight excluding hydrogens is 126 g/mol. The van der Waals surface area contributed by atoms with Gasteiger partial charge in [0.25, 0.3) is 0 Å². The van der Waals surface area contributed by atoms with Crippen LogP contribution >= 0.6 is 0 Å².